The van der Waals surface area contributed by atoms with Gasteiger partial charge in [-0.05, 0) is 40.6 Å². The molecular formula is C18H15NO2. The van der Waals surface area contributed by atoms with Gasteiger partial charge in [0.15, 0.2) is 0 Å². The minimum atomic E-state index is -0.900. The molecular weight excluding hydrogens is 262 g/mol. The first kappa shape index (κ1) is 13.2. The molecule has 3 aromatic rings. The summed E-state index contributed by atoms with van der Waals surface area (Å²) in [5, 5.41) is 14.7. The van der Waals surface area contributed by atoms with Crippen LogP contribution in [0.5, 0.6) is 0 Å². The summed E-state index contributed by atoms with van der Waals surface area (Å²) in [5.74, 6) is -0.900. The molecule has 3 aromatic carbocycles. The zero-order valence-corrected chi connectivity index (χ0v) is 11.4. The van der Waals surface area contributed by atoms with E-state index in [-0.39, 0.29) is 0 Å². The Morgan fingerprint density at radius 3 is 2.52 bits per heavy atom. The molecule has 0 amide bonds. The molecule has 0 aromatic heterocycles. The van der Waals surface area contributed by atoms with Crippen LogP contribution in [0.2, 0.25) is 0 Å². The van der Waals surface area contributed by atoms with E-state index in [4.69, 9.17) is 5.11 Å². The van der Waals surface area contributed by atoms with Gasteiger partial charge in [0, 0.05) is 12.2 Å². The minimum absolute atomic E-state index is 0.313. The summed E-state index contributed by atoms with van der Waals surface area (Å²) in [6.45, 7) is 0.597. The van der Waals surface area contributed by atoms with Gasteiger partial charge in [-0.15, -0.1) is 0 Å². The van der Waals surface area contributed by atoms with Crippen LogP contribution in [-0.4, -0.2) is 11.1 Å². The molecule has 3 nitrogen and oxygen atoms in total. The van der Waals surface area contributed by atoms with Crippen molar-refractivity contribution in [3.63, 3.8) is 0 Å². The maximum absolute atomic E-state index is 11.0. The number of carbonyl (C=O) groups is 1. The average Bonchev–Trinajstić information content (AvgIpc) is 2.53. The Morgan fingerprint density at radius 2 is 1.71 bits per heavy atom. The number of carboxylic acids is 1. The fraction of sp³-hybridized carbons (Fsp3) is 0.0556. The highest BCUT2D eigenvalue weighted by molar-refractivity contribution is 5.88. The van der Waals surface area contributed by atoms with Crippen molar-refractivity contribution in [2.75, 3.05) is 5.32 Å². The normalized spacial score (nSPS) is 10.5. The monoisotopic (exact) mass is 277 g/mol. The predicted molar refractivity (Wildman–Crippen MR) is 84.7 cm³/mol. The van der Waals surface area contributed by atoms with Crippen LogP contribution in [0.3, 0.4) is 0 Å². The van der Waals surface area contributed by atoms with E-state index in [0.29, 0.717) is 12.1 Å². The highest BCUT2D eigenvalue weighted by Gasteiger charge is 2.03. The van der Waals surface area contributed by atoms with Gasteiger partial charge in [0.25, 0.3) is 0 Å². The van der Waals surface area contributed by atoms with Gasteiger partial charge >= 0.3 is 5.97 Å². The van der Waals surface area contributed by atoms with Crippen LogP contribution in [0.4, 0.5) is 5.69 Å². The van der Waals surface area contributed by atoms with Crippen LogP contribution >= 0.6 is 0 Å². The molecule has 0 saturated heterocycles. The lowest BCUT2D eigenvalue weighted by Crippen LogP contribution is -2.02. The Bertz CT molecular complexity index is 796. The third kappa shape index (κ3) is 3.03. The SMILES string of the molecule is O=C(O)c1cccc(CNc2ccc3ccccc3c2)c1. The van der Waals surface area contributed by atoms with Gasteiger partial charge in [-0.3, -0.25) is 0 Å². The van der Waals surface area contributed by atoms with Crippen LogP contribution in [-0.2, 0) is 6.54 Å². The summed E-state index contributed by atoms with van der Waals surface area (Å²) in [6.07, 6.45) is 0. The minimum Gasteiger partial charge on any atom is -0.478 e. The maximum Gasteiger partial charge on any atom is 0.335 e. The van der Waals surface area contributed by atoms with Crippen molar-refractivity contribution in [2.24, 2.45) is 0 Å². The van der Waals surface area contributed by atoms with Crippen molar-refractivity contribution >= 4 is 22.4 Å². The Balaban J connectivity index is 1.77. The molecule has 0 unspecified atom stereocenters. The van der Waals surface area contributed by atoms with Gasteiger partial charge < -0.3 is 10.4 Å². The van der Waals surface area contributed by atoms with E-state index in [1.54, 1.807) is 18.2 Å². The molecule has 2 N–H and O–H groups in total. The lowest BCUT2D eigenvalue weighted by Gasteiger charge is -2.08. The maximum atomic E-state index is 11.0. The molecule has 0 aliphatic carbocycles. The Labute approximate surface area is 122 Å². The summed E-state index contributed by atoms with van der Waals surface area (Å²) in [6, 6.07) is 21.4. The number of nitrogens with one attached hydrogen (secondary N) is 1. The summed E-state index contributed by atoms with van der Waals surface area (Å²) in [7, 11) is 0. The van der Waals surface area contributed by atoms with Crippen molar-refractivity contribution in [1.29, 1.82) is 0 Å². The number of rotatable bonds is 4. The van der Waals surface area contributed by atoms with E-state index in [1.807, 2.05) is 24.3 Å². The molecule has 0 saturated carbocycles. The van der Waals surface area contributed by atoms with E-state index in [9.17, 15) is 4.79 Å². The molecule has 104 valence electrons. The van der Waals surface area contributed by atoms with Gasteiger partial charge in [-0.25, -0.2) is 4.79 Å². The van der Waals surface area contributed by atoms with Crippen LogP contribution in [0.15, 0.2) is 66.7 Å². The number of carboxylic acid groups (broad SMARTS) is 1. The van der Waals surface area contributed by atoms with Gasteiger partial charge in [-0.1, -0.05) is 42.5 Å². The van der Waals surface area contributed by atoms with Crippen LogP contribution in [0.25, 0.3) is 10.8 Å². The van der Waals surface area contributed by atoms with Crippen molar-refractivity contribution in [1.82, 2.24) is 0 Å². The van der Waals surface area contributed by atoms with Crippen LogP contribution in [0.1, 0.15) is 15.9 Å². The molecule has 0 aliphatic heterocycles. The first-order valence-corrected chi connectivity index (χ1v) is 6.77. The van der Waals surface area contributed by atoms with Gasteiger partial charge in [0.1, 0.15) is 0 Å². The van der Waals surface area contributed by atoms with Crippen molar-refractivity contribution in [2.45, 2.75) is 6.54 Å². The van der Waals surface area contributed by atoms with Crippen molar-refractivity contribution < 1.29 is 9.90 Å². The molecule has 0 radical (unpaired) electrons. The van der Waals surface area contributed by atoms with Gasteiger partial charge in [0.2, 0.25) is 0 Å². The van der Waals surface area contributed by atoms with Gasteiger partial charge in [0.05, 0.1) is 5.56 Å². The number of benzene rings is 3. The Morgan fingerprint density at radius 1 is 0.905 bits per heavy atom. The van der Waals surface area contributed by atoms with Crippen LogP contribution in [0, 0.1) is 0 Å². The van der Waals surface area contributed by atoms with E-state index in [0.717, 1.165) is 11.3 Å². The second-order valence-corrected chi connectivity index (χ2v) is 4.92. The Kier molecular flexibility index (Phi) is 3.56. The fourth-order valence-electron chi connectivity index (χ4n) is 2.32. The van der Waals surface area contributed by atoms with E-state index in [2.05, 4.69) is 29.6 Å². The highest BCUT2D eigenvalue weighted by atomic mass is 16.4. The second-order valence-electron chi connectivity index (χ2n) is 4.92. The first-order valence-electron chi connectivity index (χ1n) is 6.77. The van der Waals surface area contributed by atoms with Crippen molar-refractivity contribution in [3.05, 3.63) is 77.9 Å². The largest absolute Gasteiger partial charge is 0.478 e. The third-order valence-corrected chi connectivity index (χ3v) is 3.42. The van der Waals surface area contributed by atoms with E-state index >= 15 is 0 Å². The lowest BCUT2D eigenvalue weighted by atomic mass is 10.1. The Hall–Kier alpha value is -2.81. The molecule has 3 heteroatoms. The van der Waals surface area contributed by atoms with E-state index in [1.165, 1.54) is 10.8 Å². The smallest absolute Gasteiger partial charge is 0.335 e. The van der Waals surface area contributed by atoms with Crippen LogP contribution < -0.4 is 5.32 Å². The summed E-state index contributed by atoms with van der Waals surface area (Å²) < 4.78 is 0. The van der Waals surface area contributed by atoms with E-state index < -0.39 is 5.97 Å². The highest BCUT2D eigenvalue weighted by Crippen LogP contribution is 2.19. The second kappa shape index (κ2) is 5.67. The zero-order valence-electron chi connectivity index (χ0n) is 11.4. The third-order valence-electron chi connectivity index (χ3n) is 3.42. The summed E-state index contributed by atoms with van der Waals surface area (Å²) in [4.78, 5) is 11.0. The number of hydrogen-bond donors (Lipinski definition) is 2. The lowest BCUT2D eigenvalue weighted by molar-refractivity contribution is 0.0697. The molecule has 0 bridgehead atoms. The number of aromatic carboxylic acids is 1. The molecule has 21 heavy (non-hydrogen) atoms. The molecule has 0 spiro atoms. The first-order chi connectivity index (χ1) is 10.2. The fourth-order valence-corrected chi connectivity index (χ4v) is 2.32. The number of hydrogen-bond acceptors (Lipinski definition) is 2. The quantitative estimate of drug-likeness (QED) is 0.753. The molecule has 0 fully saturated rings. The molecule has 0 aliphatic rings. The zero-order chi connectivity index (χ0) is 14.7. The predicted octanol–water partition coefficient (Wildman–Crippen LogP) is 4.15. The average molecular weight is 277 g/mol. The molecule has 3 rings (SSSR count). The molecule has 0 heterocycles. The van der Waals surface area contributed by atoms with Crippen molar-refractivity contribution in [3.8, 4) is 0 Å². The number of anilines is 1. The summed E-state index contributed by atoms with van der Waals surface area (Å²) in [5.41, 5.74) is 2.28. The standard InChI is InChI=1S/C18H15NO2/c20-18(21)16-7-3-4-13(10-16)12-19-17-9-8-14-5-1-2-6-15(14)11-17/h1-11,19H,12H2,(H,20,21). The van der Waals surface area contributed by atoms with Gasteiger partial charge in [-0.2, -0.15) is 0 Å². The number of fused-ring (bicyclic) bond motifs is 1. The molecule has 0 atom stereocenters. The summed E-state index contributed by atoms with van der Waals surface area (Å²) >= 11 is 0. The topological polar surface area (TPSA) is 49.3 Å².